The monoisotopic (exact) mass is 411 g/mol. The SMILES string of the molecule is O=c1cc2c(nn1CC1CCN(c3nc(C(F)F)nc4ccccc34)CC1)CCC2. The number of benzene rings is 1. The van der Waals surface area contributed by atoms with Crippen molar-refractivity contribution < 1.29 is 8.78 Å². The smallest absolute Gasteiger partial charge is 0.297 e. The summed E-state index contributed by atoms with van der Waals surface area (Å²) in [6.45, 7) is 2.01. The van der Waals surface area contributed by atoms with E-state index in [0.29, 0.717) is 36.9 Å². The van der Waals surface area contributed by atoms with Crippen LogP contribution in [0.3, 0.4) is 0 Å². The fraction of sp³-hybridized carbons (Fsp3) is 0.455. The average molecular weight is 411 g/mol. The fourth-order valence-electron chi connectivity index (χ4n) is 4.56. The van der Waals surface area contributed by atoms with Gasteiger partial charge in [0.25, 0.3) is 12.0 Å². The second-order valence-electron chi connectivity index (χ2n) is 8.14. The predicted molar refractivity (Wildman–Crippen MR) is 110 cm³/mol. The summed E-state index contributed by atoms with van der Waals surface area (Å²) in [7, 11) is 0. The van der Waals surface area contributed by atoms with Gasteiger partial charge < -0.3 is 4.90 Å². The van der Waals surface area contributed by atoms with E-state index in [2.05, 4.69) is 20.0 Å². The molecular formula is C22H23F2N5O. The van der Waals surface area contributed by atoms with Crippen LogP contribution in [0.2, 0.25) is 0 Å². The van der Waals surface area contributed by atoms with Gasteiger partial charge in [0.15, 0.2) is 5.82 Å². The van der Waals surface area contributed by atoms with Gasteiger partial charge in [0.2, 0.25) is 0 Å². The standard InChI is InChI=1S/C22H23F2N5O/c23-20(24)21-25-18-6-2-1-5-16(18)22(26-21)28-10-8-14(9-11-28)13-29-19(30)12-15-4-3-7-17(15)27-29/h1-2,5-6,12,14,20H,3-4,7-11,13H2. The van der Waals surface area contributed by atoms with Crippen LogP contribution in [0, 0.1) is 5.92 Å². The Kier molecular flexibility index (Phi) is 4.92. The van der Waals surface area contributed by atoms with E-state index in [9.17, 15) is 13.6 Å². The Morgan fingerprint density at radius 2 is 1.90 bits per heavy atom. The van der Waals surface area contributed by atoms with Gasteiger partial charge in [-0.15, -0.1) is 0 Å². The van der Waals surface area contributed by atoms with E-state index in [1.165, 1.54) is 0 Å². The molecule has 5 rings (SSSR count). The average Bonchev–Trinajstić information content (AvgIpc) is 3.21. The summed E-state index contributed by atoms with van der Waals surface area (Å²) >= 11 is 0. The highest BCUT2D eigenvalue weighted by molar-refractivity contribution is 5.89. The molecule has 3 heterocycles. The maximum atomic E-state index is 13.3. The fourth-order valence-corrected chi connectivity index (χ4v) is 4.56. The highest BCUT2D eigenvalue weighted by Crippen LogP contribution is 2.30. The molecule has 1 aliphatic carbocycles. The van der Waals surface area contributed by atoms with Crippen molar-refractivity contribution in [2.24, 2.45) is 5.92 Å². The van der Waals surface area contributed by atoms with E-state index in [0.717, 1.165) is 48.7 Å². The molecule has 2 aliphatic rings. The summed E-state index contributed by atoms with van der Waals surface area (Å²) in [4.78, 5) is 22.6. The van der Waals surface area contributed by atoms with Gasteiger partial charge in [-0.2, -0.15) is 5.10 Å². The number of alkyl halides is 2. The summed E-state index contributed by atoms with van der Waals surface area (Å²) < 4.78 is 28.2. The van der Waals surface area contributed by atoms with E-state index in [-0.39, 0.29) is 5.56 Å². The molecule has 0 spiro atoms. The lowest BCUT2D eigenvalue weighted by atomic mass is 9.96. The van der Waals surface area contributed by atoms with Gasteiger partial charge in [-0.25, -0.2) is 23.4 Å². The number of piperidine rings is 1. The molecule has 0 N–H and O–H groups in total. The molecule has 156 valence electrons. The van der Waals surface area contributed by atoms with Crippen molar-refractivity contribution in [1.82, 2.24) is 19.7 Å². The molecule has 6 nitrogen and oxygen atoms in total. The van der Waals surface area contributed by atoms with Crippen LogP contribution in [0.4, 0.5) is 14.6 Å². The van der Waals surface area contributed by atoms with Crippen molar-refractivity contribution >= 4 is 16.7 Å². The molecule has 3 aromatic rings. The second kappa shape index (κ2) is 7.74. The molecule has 1 aliphatic heterocycles. The van der Waals surface area contributed by atoms with Gasteiger partial charge in [0.1, 0.15) is 5.82 Å². The first-order valence-electron chi connectivity index (χ1n) is 10.5. The van der Waals surface area contributed by atoms with Crippen LogP contribution in [0.5, 0.6) is 0 Å². The lowest BCUT2D eigenvalue weighted by Gasteiger charge is -2.33. The molecule has 0 saturated carbocycles. The number of para-hydroxylation sites is 1. The first-order valence-corrected chi connectivity index (χ1v) is 10.5. The van der Waals surface area contributed by atoms with E-state index in [1.54, 1.807) is 22.9 Å². The van der Waals surface area contributed by atoms with Crippen LogP contribution in [0.25, 0.3) is 10.9 Å². The Labute approximate surface area is 172 Å². The number of aryl methyl sites for hydroxylation is 2. The van der Waals surface area contributed by atoms with Gasteiger partial charge in [-0.3, -0.25) is 4.79 Å². The van der Waals surface area contributed by atoms with Crippen LogP contribution in [-0.4, -0.2) is 32.8 Å². The van der Waals surface area contributed by atoms with Crippen molar-refractivity contribution in [3.05, 3.63) is 57.8 Å². The molecule has 0 atom stereocenters. The molecule has 1 aromatic carbocycles. The zero-order valence-corrected chi connectivity index (χ0v) is 16.6. The largest absolute Gasteiger partial charge is 0.356 e. The van der Waals surface area contributed by atoms with Crippen LogP contribution >= 0.6 is 0 Å². The number of anilines is 1. The minimum absolute atomic E-state index is 0.0264. The topological polar surface area (TPSA) is 63.9 Å². The van der Waals surface area contributed by atoms with Gasteiger partial charge in [-0.05, 0) is 55.7 Å². The van der Waals surface area contributed by atoms with Gasteiger partial charge >= 0.3 is 0 Å². The summed E-state index contributed by atoms with van der Waals surface area (Å²) in [5.74, 6) is 0.468. The Bertz CT molecular complexity index is 1140. The van der Waals surface area contributed by atoms with Crippen molar-refractivity contribution in [3.8, 4) is 0 Å². The van der Waals surface area contributed by atoms with Crippen molar-refractivity contribution in [1.29, 1.82) is 0 Å². The molecule has 0 amide bonds. The molecule has 0 unspecified atom stereocenters. The molecule has 2 aromatic heterocycles. The quantitative estimate of drug-likeness (QED) is 0.657. The van der Waals surface area contributed by atoms with Crippen LogP contribution in [0.1, 0.15) is 42.8 Å². The van der Waals surface area contributed by atoms with Crippen molar-refractivity contribution in [3.63, 3.8) is 0 Å². The molecule has 30 heavy (non-hydrogen) atoms. The summed E-state index contributed by atoms with van der Waals surface area (Å²) in [6, 6.07) is 9.02. The minimum Gasteiger partial charge on any atom is -0.356 e. The zero-order chi connectivity index (χ0) is 20.7. The molecule has 0 bridgehead atoms. The highest BCUT2D eigenvalue weighted by atomic mass is 19.3. The lowest BCUT2D eigenvalue weighted by molar-refractivity contribution is 0.141. The summed E-state index contributed by atoms with van der Waals surface area (Å²) in [6.07, 6.45) is 1.97. The first-order chi connectivity index (χ1) is 14.6. The maximum Gasteiger partial charge on any atom is 0.297 e. The van der Waals surface area contributed by atoms with Crippen molar-refractivity contribution in [2.45, 2.75) is 45.1 Å². The number of rotatable bonds is 4. The lowest BCUT2D eigenvalue weighted by Crippen LogP contribution is -2.37. The highest BCUT2D eigenvalue weighted by Gasteiger charge is 2.25. The normalized spacial score (nSPS) is 17.1. The van der Waals surface area contributed by atoms with Crippen LogP contribution in [-0.2, 0) is 19.4 Å². The van der Waals surface area contributed by atoms with Crippen molar-refractivity contribution in [2.75, 3.05) is 18.0 Å². The summed E-state index contributed by atoms with van der Waals surface area (Å²) in [5.41, 5.74) is 2.66. The first kappa shape index (κ1) is 19.1. The number of hydrogen-bond donors (Lipinski definition) is 0. The number of halogens is 2. The second-order valence-corrected chi connectivity index (χ2v) is 8.14. The van der Waals surface area contributed by atoms with Crippen LogP contribution < -0.4 is 10.5 Å². The van der Waals surface area contributed by atoms with E-state index >= 15 is 0 Å². The van der Waals surface area contributed by atoms with Crippen LogP contribution in [0.15, 0.2) is 35.1 Å². The van der Waals surface area contributed by atoms with Gasteiger partial charge in [-0.1, -0.05) is 12.1 Å². The zero-order valence-electron chi connectivity index (χ0n) is 16.6. The number of nitrogens with zero attached hydrogens (tertiary/aromatic N) is 5. The van der Waals surface area contributed by atoms with E-state index < -0.39 is 12.2 Å². The maximum absolute atomic E-state index is 13.3. The Morgan fingerprint density at radius 1 is 1.10 bits per heavy atom. The van der Waals surface area contributed by atoms with Gasteiger partial charge in [0.05, 0.1) is 11.2 Å². The molecular weight excluding hydrogens is 388 g/mol. The Balaban J connectivity index is 1.34. The molecule has 8 heteroatoms. The third-order valence-electron chi connectivity index (χ3n) is 6.16. The third kappa shape index (κ3) is 3.55. The van der Waals surface area contributed by atoms with Gasteiger partial charge in [0, 0.05) is 31.1 Å². The van der Waals surface area contributed by atoms with E-state index in [4.69, 9.17) is 0 Å². The Hall–Kier alpha value is -2.90. The number of aromatic nitrogens is 4. The number of fused-ring (bicyclic) bond motifs is 2. The van der Waals surface area contributed by atoms with E-state index in [1.807, 2.05) is 12.1 Å². The Morgan fingerprint density at radius 3 is 2.70 bits per heavy atom. The summed E-state index contributed by atoms with van der Waals surface area (Å²) in [5, 5.41) is 5.37. The molecule has 1 fully saturated rings. The molecule has 0 radical (unpaired) electrons. The molecule has 1 saturated heterocycles. The third-order valence-corrected chi connectivity index (χ3v) is 6.16. The number of hydrogen-bond acceptors (Lipinski definition) is 5. The predicted octanol–water partition coefficient (Wildman–Crippen LogP) is 3.53. The minimum atomic E-state index is -2.70.